The van der Waals surface area contributed by atoms with Crippen LogP contribution in [0.5, 0.6) is 0 Å². The molecular formula is C20H21N3O3. The average Bonchev–Trinajstić information content (AvgIpc) is 2.87. The normalized spacial score (nSPS) is 13.0. The van der Waals surface area contributed by atoms with E-state index in [9.17, 15) is 14.4 Å². The maximum absolute atomic E-state index is 12.5. The highest BCUT2D eigenvalue weighted by Crippen LogP contribution is 2.22. The van der Waals surface area contributed by atoms with Crippen LogP contribution in [0.1, 0.15) is 26.3 Å². The second kappa shape index (κ2) is 7.00. The van der Waals surface area contributed by atoms with Crippen LogP contribution in [-0.2, 0) is 11.3 Å². The molecule has 0 saturated heterocycles. The molecule has 1 heterocycles. The van der Waals surface area contributed by atoms with Gasteiger partial charge in [-0.3, -0.25) is 19.3 Å². The number of rotatable bonds is 5. The van der Waals surface area contributed by atoms with Crippen LogP contribution < -0.4 is 4.90 Å². The Morgan fingerprint density at radius 2 is 1.42 bits per heavy atom. The van der Waals surface area contributed by atoms with Crippen molar-refractivity contribution in [2.45, 2.75) is 6.54 Å². The highest BCUT2D eigenvalue weighted by molar-refractivity contribution is 6.22. The predicted octanol–water partition coefficient (Wildman–Crippen LogP) is 2.01. The number of anilines is 1. The van der Waals surface area contributed by atoms with Crippen molar-refractivity contribution >= 4 is 23.4 Å². The number of hydrogen-bond acceptors (Lipinski definition) is 4. The Morgan fingerprint density at radius 1 is 0.885 bits per heavy atom. The largest absolute Gasteiger partial charge is 0.378 e. The first-order chi connectivity index (χ1) is 12.4. The molecule has 6 nitrogen and oxygen atoms in total. The summed E-state index contributed by atoms with van der Waals surface area (Å²) in [5, 5.41) is 0. The van der Waals surface area contributed by atoms with Crippen LogP contribution in [-0.4, -0.2) is 55.2 Å². The molecule has 0 unspecified atom stereocenters. The molecule has 0 saturated carbocycles. The summed E-state index contributed by atoms with van der Waals surface area (Å²) in [6, 6.07) is 14.5. The number of carbonyl (C=O) groups excluding carboxylic acids is 3. The first kappa shape index (κ1) is 17.7. The first-order valence-corrected chi connectivity index (χ1v) is 8.34. The molecule has 1 aliphatic rings. The van der Waals surface area contributed by atoms with E-state index in [4.69, 9.17) is 0 Å². The lowest BCUT2D eigenvalue weighted by Crippen LogP contribution is -2.40. The van der Waals surface area contributed by atoms with Gasteiger partial charge < -0.3 is 9.80 Å². The highest BCUT2D eigenvalue weighted by atomic mass is 16.2. The fourth-order valence-electron chi connectivity index (χ4n) is 2.90. The summed E-state index contributed by atoms with van der Waals surface area (Å²) < 4.78 is 0. The van der Waals surface area contributed by atoms with Crippen LogP contribution in [0.15, 0.2) is 48.5 Å². The van der Waals surface area contributed by atoms with E-state index in [0.29, 0.717) is 17.7 Å². The number of fused-ring (bicyclic) bond motifs is 1. The van der Waals surface area contributed by atoms with Gasteiger partial charge in [0.2, 0.25) is 5.91 Å². The number of hydrogen-bond donors (Lipinski definition) is 0. The Morgan fingerprint density at radius 3 is 1.92 bits per heavy atom. The third-order valence-corrected chi connectivity index (χ3v) is 4.47. The molecule has 0 spiro atoms. The van der Waals surface area contributed by atoms with Gasteiger partial charge in [0.05, 0.1) is 11.1 Å². The van der Waals surface area contributed by atoms with Gasteiger partial charge in [0.25, 0.3) is 11.8 Å². The monoisotopic (exact) mass is 351 g/mol. The maximum atomic E-state index is 12.5. The number of amides is 3. The van der Waals surface area contributed by atoms with E-state index in [1.54, 1.807) is 31.3 Å². The Hall–Kier alpha value is -3.15. The second-order valence-electron chi connectivity index (χ2n) is 6.55. The van der Waals surface area contributed by atoms with Gasteiger partial charge in [-0.05, 0) is 29.8 Å². The van der Waals surface area contributed by atoms with Gasteiger partial charge in [0.1, 0.15) is 6.54 Å². The van der Waals surface area contributed by atoms with Crippen LogP contribution >= 0.6 is 0 Å². The van der Waals surface area contributed by atoms with Gasteiger partial charge in [-0.15, -0.1) is 0 Å². The minimum absolute atomic E-state index is 0.251. The lowest BCUT2D eigenvalue weighted by molar-refractivity contribution is -0.130. The molecule has 134 valence electrons. The lowest BCUT2D eigenvalue weighted by atomic mass is 10.1. The smallest absolute Gasteiger partial charge is 0.262 e. The molecule has 3 amide bonds. The Labute approximate surface area is 152 Å². The van der Waals surface area contributed by atoms with Crippen molar-refractivity contribution in [1.29, 1.82) is 0 Å². The van der Waals surface area contributed by atoms with E-state index in [0.717, 1.165) is 16.2 Å². The van der Waals surface area contributed by atoms with Crippen molar-refractivity contribution in [1.82, 2.24) is 9.80 Å². The van der Waals surface area contributed by atoms with Crippen LogP contribution in [0.2, 0.25) is 0 Å². The van der Waals surface area contributed by atoms with E-state index >= 15 is 0 Å². The van der Waals surface area contributed by atoms with Gasteiger partial charge >= 0.3 is 0 Å². The van der Waals surface area contributed by atoms with Crippen LogP contribution in [0.4, 0.5) is 5.69 Å². The zero-order chi connectivity index (χ0) is 18.8. The number of carbonyl (C=O) groups is 3. The van der Waals surface area contributed by atoms with Crippen LogP contribution in [0.3, 0.4) is 0 Å². The summed E-state index contributed by atoms with van der Waals surface area (Å²) in [6.45, 7) is 0.161. The van der Waals surface area contributed by atoms with E-state index in [1.165, 1.54) is 4.90 Å². The molecule has 1 aliphatic heterocycles. The molecule has 0 atom stereocenters. The Balaban J connectivity index is 1.65. The molecule has 0 N–H and O–H groups in total. The van der Waals surface area contributed by atoms with Crippen molar-refractivity contribution in [2.75, 3.05) is 32.6 Å². The molecule has 3 rings (SSSR count). The number of likely N-dealkylation sites (N-methyl/N-ethyl adjacent to an activating group) is 1. The van der Waals surface area contributed by atoms with Gasteiger partial charge in [0, 0.05) is 33.4 Å². The molecule has 0 fully saturated rings. The third-order valence-electron chi connectivity index (χ3n) is 4.47. The average molecular weight is 351 g/mol. The zero-order valence-corrected chi connectivity index (χ0v) is 15.1. The zero-order valence-electron chi connectivity index (χ0n) is 15.1. The molecule has 0 bridgehead atoms. The molecule has 0 aliphatic carbocycles. The number of imide groups is 1. The van der Waals surface area contributed by atoms with E-state index in [2.05, 4.69) is 0 Å². The van der Waals surface area contributed by atoms with Crippen molar-refractivity contribution in [3.05, 3.63) is 65.2 Å². The summed E-state index contributed by atoms with van der Waals surface area (Å²) in [5.74, 6) is -1.11. The fraction of sp³-hybridized carbons (Fsp3) is 0.250. The predicted molar refractivity (Wildman–Crippen MR) is 99.1 cm³/mol. The van der Waals surface area contributed by atoms with E-state index in [-0.39, 0.29) is 12.5 Å². The first-order valence-electron chi connectivity index (χ1n) is 8.34. The summed E-state index contributed by atoms with van der Waals surface area (Å²) in [6.07, 6.45) is 0. The highest BCUT2D eigenvalue weighted by Gasteiger charge is 2.36. The molecular weight excluding hydrogens is 330 g/mol. The van der Waals surface area contributed by atoms with Gasteiger partial charge in [-0.25, -0.2) is 0 Å². The Bertz CT molecular complexity index is 824. The second-order valence-corrected chi connectivity index (χ2v) is 6.55. The van der Waals surface area contributed by atoms with Gasteiger partial charge in [0.15, 0.2) is 0 Å². The third kappa shape index (κ3) is 3.31. The Kier molecular flexibility index (Phi) is 4.75. The number of benzene rings is 2. The van der Waals surface area contributed by atoms with E-state index < -0.39 is 11.8 Å². The molecule has 0 radical (unpaired) electrons. The SMILES string of the molecule is CN(Cc1ccc(N(C)C)cc1)C(=O)CN1C(=O)c2ccccc2C1=O. The van der Waals surface area contributed by atoms with Crippen LogP contribution in [0, 0.1) is 0 Å². The quantitative estimate of drug-likeness (QED) is 0.773. The van der Waals surface area contributed by atoms with Crippen molar-refractivity contribution < 1.29 is 14.4 Å². The standard InChI is InChI=1S/C20H21N3O3/c1-21(2)15-10-8-14(9-11-15)12-22(3)18(24)13-23-19(25)16-6-4-5-7-17(16)20(23)26/h4-11H,12-13H2,1-3H3. The summed E-state index contributed by atoms with van der Waals surface area (Å²) >= 11 is 0. The molecule has 2 aromatic rings. The van der Waals surface area contributed by atoms with E-state index in [1.807, 2.05) is 43.3 Å². The summed E-state index contributed by atoms with van der Waals surface area (Å²) in [7, 11) is 5.60. The fourth-order valence-corrected chi connectivity index (χ4v) is 2.90. The molecule has 2 aromatic carbocycles. The minimum Gasteiger partial charge on any atom is -0.378 e. The van der Waals surface area contributed by atoms with Gasteiger partial charge in [-0.2, -0.15) is 0 Å². The number of nitrogens with zero attached hydrogens (tertiary/aromatic N) is 3. The maximum Gasteiger partial charge on any atom is 0.262 e. The topological polar surface area (TPSA) is 60.9 Å². The van der Waals surface area contributed by atoms with Crippen molar-refractivity contribution in [3.8, 4) is 0 Å². The molecule has 6 heteroatoms. The molecule has 0 aromatic heterocycles. The van der Waals surface area contributed by atoms with Crippen molar-refractivity contribution in [2.24, 2.45) is 0 Å². The van der Waals surface area contributed by atoms with Crippen molar-refractivity contribution in [3.63, 3.8) is 0 Å². The minimum atomic E-state index is -0.414. The van der Waals surface area contributed by atoms with Crippen LogP contribution in [0.25, 0.3) is 0 Å². The molecule has 26 heavy (non-hydrogen) atoms. The summed E-state index contributed by atoms with van der Waals surface area (Å²) in [4.78, 5) is 41.7. The van der Waals surface area contributed by atoms with Gasteiger partial charge in [-0.1, -0.05) is 24.3 Å². The lowest BCUT2D eigenvalue weighted by Gasteiger charge is -2.21. The summed E-state index contributed by atoms with van der Waals surface area (Å²) in [5.41, 5.74) is 2.77.